The van der Waals surface area contributed by atoms with Crippen LogP contribution in [0.25, 0.3) is 0 Å². The summed E-state index contributed by atoms with van der Waals surface area (Å²) in [6.07, 6.45) is 1.77. The highest BCUT2D eigenvalue weighted by Gasteiger charge is 2.20. The van der Waals surface area contributed by atoms with Gasteiger partial charge in [0.1, 0.15) is 0 Å². The molecule has 4 heteroatoms. The maximum atomic E-state index is 12.0. The van der Waals surface area contributed by atoms with Crippen molar-refractivity contribution in [3.8, 4) is 0 Å². The quantitative estimate of drug-likeness (QED) is 0.876. The van der Waals surface area contributed by atoms with Crippen molar-refractivity contribution in [1.82, 2.24) is 0 Å². The number of halogens is 1. The highest BCUT2D eigenvalue weighted by Crippen LogP contribution is 2.22. The molecular weight excluding hydrogens is 292 g/mol. The molecule has 0 aliphatic rings. The number of nitrogens with one attached hydrogen (secondary N) is 1. The Hall–Kier alpha value is -0.870. The lowest BCUT2D eigenvalue weighted by atomic mass is 9.99. The summed E-state index contributed by atoms with van der Waals surface area (Å²) < 4.78 is 1.02. The molecule has 2 atom stereocenters. The summed E-state index contributed by atoms with van der Waals surface area (Å²) in [4.78, 5) is 12.0. The van der Waals surface area contributed by atoms with Crippen molar-refractivity contribution in [3.63, 3.8) is 0 Å². The molecule has 0 radical (unpaired) electrons. The van der Waals surface area contributed by atoms with Crippen molar-refractivity contribution in [2.24, 2.45) is 11.7 Å². The summed E-state index contributed by atoms with van der Waals surface area (Å²) >= 11 is 3.43. The third kappa shape index (κ3) is 3.82. The van der Waals surface area contributed by atoms with Crippen LogP contribution in [-0.2, 0) is 11.2 Å². The predicted molar refractivity (Wildman–Crippen MR) is 79.6 cm³/mol. The summed E-state index contributed by atoms with van der Waals surface area (Å²) in [6.45, 7) is 6.09. The number of anilines is 1. The van der Waals surface area contributed by atoms with E-state index in [1.807, 2.05) is 32.0 Å². The molecule has 1 aromatic rings. The van der Waals surface area contributed by atoms with E-state index >= 15 is 0 Å². The van der Waals surface area contributed by atoms with E-state index in [9.17, 15) is 4.79 Å². The van der Waals surface area contributed by atoms with Crippen molar-refractivity contribution in [2.45, 2.75) is 39.7 Å². The smallest absolute Gasteiger partial charge is 0.241 e. The Morgan fingerprint density at radius 1 is 1.44 bits per heavy atom. The van der Waals surface area contributed by atoms with Crippen molar-refractivity contribution < 1.29 is 4.79 Å². The van der Waals surface area contributed by atoms with Gasteiger partial charge in [-0.25, -0.2) is 0 Å². The number of rotatable bonds is 5. The first-order valence-corrected chi connectivity index (χ1v) is 7.13. The summed E-state index contributed by atoms with van der Waals surface area (Å²) in [5.41, 5.74) is 7.88. The van der Waals surface area contributed by atoms with Crippen molar-refractivity contribution in [2.75, 3.05) is 5.32 Å². The van der Waals surface area contributed by atoms with Gasteiger partial charge in [0, 0.05) is 10.2 Å². The number of amides is 1. The van der Waals surface area contributed by atoms with Gasteiger partial charge in [-0.1, -0.05) is 43.1 Å². The lowest BCUT2D eigenvalue weighted by Crippen LogP contribution is -2.40. The first-order chi connectivity index (χ1) is 8.49. The summed E-state index contributed by atoms with van der Waals surface area (Å²) in [5.74, 6) is 0.0758. The topological polar surface area (TPSA) is 55.1 Å². The van der Waals surface area contributed by atoms with Crippen LogP contribution in [0.3, 0.4) is 0 Å². The molecule has 100 valence electrons. The fourth-order valence-electron chi connectivity index (χ4n) is 1.71. The Morgan fingerprint density at radius 3 is 2.67 bits per heavy atom. The van der Waals surface area contributed by atoms with E-state index in [-0.39, 0.29) is 11.8 Å². The molecule has 0 saturated carbocycles. The zero-order chi connectivity index (χ0) is 13.7. The van der Waals surface area contributed by atoms with Gasteiger partial charge in [-0.05, 0) is 36.1 Å². The molecule has 1 rings (SSSR count). The maximum Gasteiger partial charge on any atom is 0.241 e. The number of hydrogen-bond donors (Lipinski definition) is 2. The van der Waals surface area contributed by atoms with E-state index in [0.717, 1.165) is 28.6 Å². The van der Waals surface area contributed by atoms with E-state index in [1.54, 1.807) is 0 Å². The minimum Gasteiger partial charge on any atom is -0.324 e. The minimum absolute atomic E-state index is 0.110. The summed E-state index contributed by atoms with van der Waals surface area (Å²) in [5, 5.41) is 2.92. The average Bonchev–Trinajstić information content (AvgIpc) is 2.38. The number of aryl methyl sites for hydroxylation is 1. The maximum absolute atomic E-state index is 12.0. The summed E-state index contributed by atoms with van der Waals surface area (Å²) in [6, 6.07) is 5.39. The molecule has 0 heterocycles. The Balaban J connectivity index is 2.81. The highest BCUT2D eigenvalue weighted by atomic mass is 79.9. The van der Waals surface area contributed by atoms with Gasteiger partial charge in [-0.3, -0.25) is 4.79 Å². The Kier molecular flexibility index (Phi) is 5.82. The second-order valence-corrected chi connectivity index (χ2v) is 5.47. The molecule has 0 unspecified atom stereocenters. The van der Waals surface area contributed by atoms with E-state index in [1.165, 1.54) is 0 Å². The number of benzene rings is 1. The molecule has 1 aromatic carbocycles. The lowest BCUT2D eigenvalue weighted by Gasteiger charge is -2.19. The fourth-order valence-corrected chi connectivity index (χ4v) is 2.11. The first-order valence-electron chi connectivity index (χ1n) is 6.34. The van der Waals surface area contributed by atoms with E-state index in [0.29, 0.717) is 0 Å². The van der Waals surface area contributed by atoms with Crippen LogP contribution in [0, 0.1) is 5.92 Å². The van der Waals surface area contributed by atoms with Gasteiger partial charge in [0.25, 0.3) is 0 Å². The summed E-state index contributed by atoms with van der Waals surface area (Å²) in [7, 11) is 0. The second-order valence-electron chi connectivity index (χ2n) is 4.56. The molecule has 18 heavy (non-hydrogen) atoms. The van der Waals surface area contributed by atoms with Gasteiger partial charge in [0.2, 0.25) is 5.91 Å². The molecule has 0 aliphatic heterocycles. The van der Waals surface area contributed by atoms with Crippen LogP contribution in [0.5, 0.6) is 0 Å². The zero-order valence-electron chi connectivity index (χ0n) is 11.2. The van der Waals surface area contributed by atoms with Crippen LogP contribution in [0.4, 0.5) is 5.69 Å². The molecule has 0 bridgehead atoms. The van der Waals surface area contributed by atoms with Crippen LogP contribution in [0.1, 0.15) is 32.8 Å². The standard InChI is InChI=1S/C14H21BrN2O/c1-4-9(3)13(16)14(18)17-12-7-6-11(15)8-10(12)5-2/h6-9,13H,4-5,16H2,1-3H3,(H,17,18)/t9-,13-/m0/s1. The average molecular weight is 313 g/mol. The fraction of sp³-hybridized carbons (Fsp3) is 0.500. The Labute approximate surface area is 117 Å². The van der Waals surface area contributed by atoms with Crippen LogP contribution in [-0.4, -0.2) is 11.9 Å². The third-order valence-corrected chi connectivity index (χ3v) is 3.76. The minimum atomic E-state index is -0.455. The van der Waals surface area contributed by atoms with Crippen molar-refractivity contribution >= 4 is 27.5 Å². The molecular formula is C14H21BrN2O. The van der Waals surface area contributed by atoms with Crippen LogP contribution >= 0.6 is 15.9 Å². The molecule has 3 nitrogen and oxygen atoms in total. The predicted octanol–water partition coefficient (Wildman–Crippen LogP) is 3.32. The van der Waals surface area contributed by atoms with Gasteiger partial charge in [-0.15, -0.1) is 0 Å². The third-order valence-electron chi connectivity index (χ3n) is 3.27. The van der Waals surface area contributed by atoms with Crippen LogP contribution in [0.2, 0.25) is 0 Å². The van der Waals surface area contributed by atoms with Crippen LogP contribution in [0.15, 0.2) is 22.7 Å². The monoisotopic (exact) mass is 312 g/mol. The van der Waals surface area contributed by atoms with E-state index in [4.69, 9.17) is 5.73 Å². The van der Waals surface area contributed by atoms with Gasteiger partial charge < -0.3 is 11.1 Å². The van der Waals surface area contributed by atoms with Gasteiger partial charge >= 0.3 is 0 Å². The molecule has 3 N–H and O–H groups in total. The zero-order valence-corrected chi connectivity index (χ0v) is 12.8. The molecule has 0 spiro atoms. The lowest BCUT2D eigenvalue weighted by molar-refractivity contribution is -0.118. The number of carbonyl (C=O) groups is 1. The molecule has 0 fully saturated rings. The Bertz CT molecular complexity index is 420. The largest absolute Gasteiger partial charge is 0.324 e. The van der Waals surface area contributed by atoms with Crippen LogP contribution < -0.4 is 11.1 Å². The van der Waals surface area contributed by atoms with Gasteiger partial charge in [-0.2, -0.15) is 0 Å². The molecule has 1 amide bonds. The molecule has 0 saturated heterocycles. The number of carbonyl (C=O) groups excluding carboxylic acids is 1. The number of hydrogen-bond acceptors (Lipinski definition) is 2. The number of nitrogens with two attached hydrogens (primary N) is 1. The molecule has 0 aromatic heterocycles. The normalized spacial score (nSPS) is 14.1. The SMILES string of the molecule is CCc1cc(Br)ccc1NC(=O)[C@@H](N)[C@@H](C)CC. The van der Waals surface area contributed by atoms with Gasteiger partial charge in [0.15, 0.2) is 0 Å². The van der Waals surface area contributed by atoms with E-state index < -0.39 is 6.04 Å². The highest BCUT2D eigenvalue weighted by molar-refractivity contribution is 9.10. The Morgan fingerprint density at radius 2 is 2.11 bits per heavy atom. The second kappa shape index (κ2) is 6.90. The molecule has 0 aliphatic carbocycles. The van der Waals surface area contributed by atoms with Crippen molar-refractivity contribution in [3.05, 3.63) is 28.2 Å². The van der Waals surface area contributed by atoms with Crippen molar-refractivity contribution in [1.29, 1.82) is 0 Å². The first kappa shape index (κ1) is 15.2. The van der Waals surface area contributed by atoms with E-state index in [2.05, 4.69) is 28.2 Å². The van der Waals surface area contributed by atoms with Gasteiger partial charge in [0.05, 0.1) is 6.04 Å².